The largest absolute Gasteiger partial charge is 0.449 e. The molecule has 150 valence electrons. The number of hydrogen-bond donors (Lipinski definition) is 2. The van der Waals surface area contributed by atoms with E-state index in [1.165, 1.54) is 55.5 Å². The number of benzene rings is 2. The van der Waals surface area contributed by atoms with E-state index in [4.69, 9.17) is 9.88 Å². The van der Waals surface area contributed by atoms with E-state index in [0.29, 0.717) is 0 Å². The van der Waals surface area contributed by atoms with Crippen molar-refractivity contribution in [2.45, 2.75) is 24.5 Å². The second-order valence-corrected chi connectivity index (χ2v) is 7.04. The van der Waals surface area contributed by atoms with Crippen LogP contribution in [0.1, 0.15) is 17.3 Å². The SMILES string of the molecule is CC(OC(=O)c1ccccc1OC(F)F)C(=O)Nc1ccc(S(N)(=O)=O)cc1. The summed E-state index contributed by atoms with van der Waals surface area (Å²) < 4.78 is 56.5. The summed E-state index contributed by atoms with van der Waals surface area (Å²) >= 11 is 0. The Hall–Kier alpha value is -3.05. The highest BCUT2D eigenvalue weighted by Crippen LogP contribution is 2.22. The number of carbonyl (C=O) groups is 2. The molecule has 0 saturated carbocycles. The molecule has 0 aliphatic heterocycles. The van der Waals surface area contributed by atoms with Gasteiger partial charge in [-0.2, -0.15) is 8.78 Å². The van der Waals surface area contributed by atoms with Crippen LogP contribution in [0.15, 0.2) is 53.4 Å². The molecule has 0 heterocycles. The first-order valence-corrected chi connectivity index (χ1v) is 9.31. The Bertz CT molecular complexity index is 964. The minimum absolute atomic E-state index is 0.138. The van der Waals surface area contributed by atoms with Crippen molar-refractivity contribution >= 4 is 27.6 Å². The zero-order valence-electron chi connectivity index (χ0n) is 14.5. The van der Waals surface area contributed by atoms with Crippen LogP contribution in [-0.2, 0) is 19.6 Å². The van der Waals surface area contributed by atoms with Crippen molar-refractivity contribution in [2.75, 3.05) is 5.32 Å². The Morgan fingerprint density at radius 2 is 1.68 bits per heavy atom. The highest BCUT2D eigenvalue weighted by molar-refractivity contribution is 7.89. The van der Waals surface area contributed by atoms with Crippen LogP contribution in [-0.4, -0.2) is 33.0 Å². The fourth-order valence-corrected chi connectivity index (χ4v) is 2.60. The summed E-state index contributed by atoms with van der Waals surface area (Å²) in [6, 6.07) is 10.2. The fraction of sp³-hybridized carbons (Fsp3) is 0.176. The summed E-state index contributed by atoms with van der Waals surface area (Å²) in [6.45, 7) is -1.85. The third-order valence-electron chi connectivity index (χ3n) is 3.43. The van der Waals surface area contributed by atoms with Crippen LogP contribution in [0.3, 0.4) is 0 Å². The molecule has 0 fully saturated rings. The topological polar surface area (TPSA) is 125 Å². The number of alkyl halides is 2. The average Bonchev–Trinajstić information content (AvgIpc) is 2.61. The van der Waals surface area contributed by atoms with E-state index >= 15 is 0 Å². The van der Waals surface area contributed by atoms with Gasteiger partial charge >= 0.3 is 12.6 Å². The van der Waals surface area contributed by atoms with Crippen molar-refractivity contribution in [3.63, 3.8) is 0 Å². The molecule has 0 aliphatic rings. The van der Waals surface area contributed by atoms with E-state index in [0.717, 1.165) is 0 Å². The second-order valence-electron chi connectivity index (χ2n) is 5.48. The molecule has 2 rings (SSSR count). The molecular weight excluding hydrogens is 398 g/mol. The quantitative estimate of drug-likeness (QED) is 0.669. The molecule has 11 heteroatoms. The van der Waals surface area contributed by atoms with Gasteiger partial charge in [-0.25, -0.2) is 18.4 Å². The van der Waals surface area contributed by atoms with Gasteiger partial charge in [-0.3, -0.25) is 4.79 Å². The zero-order chi connectivity index (χ0) is 20.9. The van der Waals surface area contributed by atoms with Gasteiger partial charge in [0.05, 0.1) is 4.90 Å². The molecule has 0 radical (unpaired) electrons. The summed E-state index contributed by atoms with van der Waals surface area (Å²) in [4.78, 5) is 24.2. The number of esters is 1. The van der Waals surface area contributed by atoms with Crippen molar-refractivity contribution in [3.8, 4) is 5.75 Å². The Morgan fingerprint density at radius 1 is 1.07 bits per heavy atom. The molecule has 2 aromatic rings. The minimum Gasteiger partial charge on any atom is -0.449 e. The molecule has 1 atom stereocenters. The van der Waals surface area contributed by atoms with E-state index in [9.17, 15) is 26.8 Å². The van der Waals surface area contributed by atoms with Crippen LogP contribution < -0.4 is 15.2 Å². The highest BCUT2D eigenvalue weighted by atomic mass is 32.2. The van der Waals surface area contributed by atoms with Crippen molar-refractivity contribution in [1.82, 2.24) is 0 Å². The predicted molar refractivity (Wildman–Crippen MR) is 94.4 cm³/mol. The van der Waals surface area contributed by atoms with Gasteiger partial charge in [0.2, 0.25) is 10.0 Å². The zero-order valence-corrected chi connectivity index (χ0v) is 15.3. The van der Waals surface area contributed by atoms with Crippen molar-refractivity contribution in [1.29, 1.82) is 0 Å². The predicted octanol–water partition coefficient (Wildman–Crippen LogP) is 2.12. The maximum absolute atomic E-state index is 12.4. The van der Waals surface area contributed by atoms with E-state index in [2.05, 4.69) is 10.1 Å². The van der Waals surface area contributed by atoms with Crippen molar-refractivity contribution in [2.24, 2.45) is 5.14 Å². The Balaban J connectivity index is 2.03. The fourth-order valence-electron chi connectivity index (χ4n) is 2.08. The number of nitrogens with one attached hydrogen (secondary N) is 1. The third-order valence-corrected chi connectivity index (χ3v) is 4.36. The minimum atomic E-state index is -3.87. The third kappa shape index (κ3) is 5.72. The lowest BCUT2D eigenvalue weighted by atomic mass is 10.2. The smallest absolute Gasteiger partial charge is 0.387 e. The number of ether oxygens (including phenoxy) is 2. The summed E-state index contributed by atoms with van der Waals surface area (Å²) in [6.07, 6.45) is -1.27. The Kier molecular flexibility index (Phi) is 6.65. The van der Waals surface area contributed by atoms with Crippen LogP contribution in [0.2, 0.25) is 0 Å². The molecule has 1 unspecified atom stereocenters. The standard InChI is InChI=1S/C17H16F2N2O6S/c1-10(15(22)21-11-6-8-12(9-7-11)28(20,24)25)26-16(23)13-4-2-3-5-14(13)27-17(18)19/h2-10,17H,1H3,(H,21,22)(H2,20,24,25). The molecule has 3 N–H and O–H groups in total. The van der Waals surface area contributed by atoms with Gasteiger partial charge in [0.15, 0.2) is 6.10 Å². The van der Waals surface area contributed by atoms with Crippen LogP contribution in [0.25, 0.3) is 0 Å². The van der Waals surface area contributed by atoms with Gasteiger partial charge in [-0.05, 0) is 43.3 Å². The van der Waals surface area contributed by atoms with E-state index in [1.54, 1.807) is 0 Å². The monoisotopic (exact) mass is 414 g/mol. The number of halogens is 2. The molecule has 0 spiro atoms. The second kappa shape index (κ2) is 8.76. The van der Waals surface area contributed by atoms with Gasteiger partial charge in [-0.15, -0.1) is 0 Å². The van der Waals surface area contributed by atoms with Crippen LogP contribution in [0, 0.1) is 0 Å². The normalized spacial score (nSPS) is 12.3. The van der Waals surface area contributed by atoms with Crippen molar-refractivity contribution < 1.29 is 36.3 Å². The molecule has 0 aromatic heterocycles. The number of nitrogens with two attached hydrogens (primary N) is 1. The van der Waals surface area contributed by atoms with Gasteiger partial charge < -0.3 is 14.8 Å². The van der Waals surface area contributed by atoms with E-state index in [1.807, 2.05) is 0 Å². The Labute approximate surface area is 159 Å². The molecular formula is C17H16F2N2O6S. The first-order valence-electron chi connectivity index (χ1n) is 7.76. The summed E-state index contributed by atoms with van der Waals surface area (Å²) in [5.74, 6) is -2.12. The molecule has 0 aliphatic carbocycles. The summed E-state index contributed by atoms with van der Waals surface area (Å²) in [5.41, 5.74) is -0.0262. The lowest BCUT2D eigenvalue weighted by Gasteiger charge is -2.15. The van der Waals surface area contributed by atoms with Gasteiger partial charge in [-0.1, -0.05) is 12.1 Å². The molecule has 0 bridgehead atoms. The summed E-state index contributed by atoms with van der Waals surface area (Å²) in [5, 5.41) is 7.40. The number of primary sulfonamides is 1. The van der Waals surface area contributed by atoms with Gasteiger partial charge in [0.1, 0.15) is 11.3 Å². The summed E-state index contributed by atoms with van der Waals surface area (Å²) in [7, 11) is -3.87. The first kappa shape index (κ1) is 21.3. The molecule has 8 nitrogen and oxygen atoms in total. The number of amides is 1. The van der Waals surface area contributed by atoms with Crippen LogP contribution >= 0.6 is 0 Å². The van der Waals surface area contributed by atoms with Crippen molar-refractivity contribution in [3.05, 3.63) is 54.1 Å². The number of rotatable bonds is 7. The number of para-hydroxylation sites is 1. The Morgan fingerprint density at radius 3 is 2.25 bits per heavy atom. The maximum atomic E-state index is 12.4. The number of carbonyl (C=O) groups excluding carboxylic acids is 2. The highest BCUT2D eigenvalue weighted by Gasteiger charge is 2.22. The first-order chi connectivity index (χ1) is 13.1. The van der Waals surface area contributed by atoms with E-state index < -0.39 is 34.6 Å². The van der Waals surface area contributed by atoms with Gasteiger partial charge in [0.25, 0.3) is 5.91 Å². The van der Waals surface area contributed by atoms with Gasteiger partial charge in [0, 0.05) is 5.69 Å². The molecule has 0 saturated heterocycles. The van der Waals surface area contributed by atoms with Crippen LogP contribution in [0.4, 0.5) is 14.5 Å². The van der Waals surface area contributed by atoms with E-state index in [-0.39, 0.29) is 21.9 Å². The number of anilines is 1. The molecule has 2 aromatic carbocycles. The average molecular weight is 414 g/mol. The lowest BCUT2D eigenvalue weighted by Crippen LogP contribution is -2.30. The number of sulfonamides is 1. The molecule has 1 amide bonds. The lowest BCUT2D eigenvalue weighted by molar-refractivity contribution is -0.123. The number of hydrogen-bond acceptors (Lipinski definition) is 6. The molecule has 28 heavy (non-hydrogen) atoms. The maximum Gasteiger partial charge on any atom is 0.387 e. The van der Waals surface area contributed by atoms with Crippen LogP contribution in [0.5, 0.6) is 5.75 Å².